The molecule has 0 amide bonds. The SMILES string of the molecule is COc1cc(-c2oc3cc(O[C@@H]4O[C@@H](C)[C@H](O)[C@H](O)[C@@H]4O)cc(O)c3c(=O)c2O[C@@H]2O[C@H](CO)[C@H](O)[C@H](O)[C@H]2O)ccc1O. The predicted molar refractivity (Wildman–Crippen MR) is 145 cm³/mol. The molecule has 2 aromatic carbocycles. The average Bonchev–Trinajstić information content (AvgIpc) is 3.00. The molecule has 2 aliphatic heterocycles. The van der Waals surface area contributed by atoms with Crippen LogP contribution in [0.3, 0.4) is 0 Å². The van der Waals surface area contributed by atoms with Crippen molar-refractivity contribution in [2.24, 2.45) is 0 Å². The standard InChI is InChI=1S/C28H32O16/c1-9-18(32)21(35)23(37)27(40-9)41-11-6-13(31)17-15(7-11)42-25(10-3-4-12(30)14(5-10)39-2)26(20(17)34)44-28-24(38)22(36)19(33)16(8-29)43-28/h3-7,9,16,18-19,21-24,27-33,35-38H,8H2,1-2H3/t9-,16+,18-,19-,21-,22-,23-,24+,27-,28-/m0/s1. The summed E-state index contributed by atoms with van der Waals surface area (Å²) in [5.41, 5.74) is -1.16. The van der Waals surface area contributed by atoms with Crippen LogP contribution in [-0.4, -0.2) is 121 Å². The molecular weight excluding hydrogens is 592 g/mol. The van der Waals surface area contributed by atoms with Crippen molar-refractivity contribution in [1.29, 1.82) is 0 Å². The van der Waals surface area contributed by atoms with Gasteiger partial charge in [0.2, 0.25) is 23.8 Å². The molecule has 0 bridgehead atoms. The Bertz CT molecular complexity index is 1550. The Morgan fingerprint density at radius 1 is 0.795 bits per heavy atom. The molecule has 3 heterocycles. The van der Waals surface area contributed by atoms with Crippen molar-refractivity contribution in [3.8, 4) is 40.1 Å². The van der Waals surface area contributed by atoms with Crippen molar-refractivity contribution in [2.75, 3.05) is 13.7 Å². The van der Waals surface area contributed by atoms with Gasteiger partial charge in [0.1, 0.15) is 65.2 Å². The number of phenols is 2. The Morgan fingerprint density at radius 2 is 1.45 bits per heavy atom. The number of fused-ring (bicyclic) bond motifs is 1. The zero-order valence-corrected chi connectivity index (χ0v) is 23.3. The first-order valence-corrected chi connectivity index (χ1v) is 13.4. The van der Waals surface area contributed by atoms with Crippen LogP contribution in [0.25, 0.3) is 22.3 Å². The molecule has 10 atom stereocenters. The Labute approximate surface area is 248 Å². The van der Waals surface area contributed by atoms with Crippen LogP contribution in [-0.2, 0) is 9.47 Å². The normalized spacial score (nSPS) is 32.4. The van der Waals surface area contributed by atoms with E-state index in [4.69, 9.17) is 28.1 Å². The molecule has 3 aromatic rings. The quantitative estimate of drug-likeness (QED) is 0.141. The smallest absolute Gasteiger partial charge is 0.239 e. The van der Waals surface area contributed by atoms with Crippen LogP contribution >= 0.6 is 0 Å². The summed E-state index contributed by atoms with van der Waals surface area (Å²) in [5.74, 6) is -2.08. The van der Waals surface area contributed by atoms with Crippen molar-refractivity contribution in [1.82, 2.24) is 0 Å². The first-order chi connectivity index (χ1) is 20.9. The summed E-state index contributed by atoms with van der Waals surface area (Å²) in [6, 6.07) is 6.03. The van der Waals surface area contributed by atoms with Gasteiger partial charge in [-0.25, -0.2) is 0 Å². The van der Waals surface area contributed by atoms with E-state index < -0.39 is 90.3 Å². The second-order valence-corrected chi connectivity index (χ2v) is 10.4. The molecule has 0 radical (unpaired) electrons. The second kappa shape index (κ2) is 12.4. The van der Waals surface area contributed by atoms with E-state index in [1.165, 1.54) is 38.3 Å². The van der Waals surface area contributed by atoms with E-state index in [1.807, 2.05) is 0 Å². The number of aliphatic hydroxyl groups is 7. The third kappa shape index (κ3) is 5.63. The summed E-state index contributed by atoms with van der Waals surface area (Å²) in [5, 5.41) is 91.4. The Morgan fingerprint density at radius 3 is 2.11 bits per heavy atom. The molecule has 16 nitrogen and oxygen atoms in total. The van der Waals surface area contributed by atoms with Gasteiger partial charge in [0, 0.05) is 17.7 Å². The topological polar surface area (TPSA) is 258 Å². The van der Waals surface area contributed by atoms with E-state index in [2.05, 4.69) is 0 Å². The van der Waals surface area contributed by atoms with E-state index in [-0.39, 0.29) is 34.2 Å². The van der Waals surface area contributed by atoms with Gasteiger partial charge in [0.25, 0.3) is 0 Å². The first-order valence-electron chi connectivity index (χ1n) is 13.4. The fraction of sp³-hybridized carbons (Fsp3) is 0.464. The van der Waals surface area contributed by atoms with E-state index in [1.54, 1.807) is 0 Å². The first kappa shape index (κ1) is 31.7. The fourth-order valence-electron chi connectivity index (χ4n) is 4.97. The lowest BCUT2D eigenvalue weighted by Crippen LogP contribution is -2.60. The molecule has 2 saturated heterocycles. The number of methoxy groups -OCH3 is 1. The molecule has 2 aliphatic rings. The Kier molecular flexibility index (Phi) is 8.90. The van der Waals surface area contributed by atoms with Gasteiger partial charge in [-0.2, -0.15) is 0 Å². The summed E-state index contributed by atoms with van der Waals surface area (Å²) in [6.45, 7) is 0.680. The van der Waals surface area contributed by atoms with Crippen LogP contribution in [0.1, 0.15) is 6.92 Å². The maximum atomic E-state index is 13.8. The van der Waals surface area contributed by atoms with Crippen LogP contribution in [0.4, 0.5) is 0 Å². The summed E-state index contributed by atoms with van der Waals surface area (Å²) >= 11 is 0. The lowest BCUT2D eigenvalue weighted by Gasteiger charge is -2.39. The van der Waals surface area contributed by atoms with Crippen LogP contribution in [0, 0.1) is 0 Å². The fourth-order valence-corrected chi connectivity index (χ4v) is 4.97. The van der Waals surface area contributed by atoms with E-state index in [0.29, 0.717) is 0 Å². The van der Waals surface area contributed by atoms with Crippen molar-refractivity contribution in [3.63, 3.8) is 0 Å². The predicted octanol–water partition coefficient (Wildman–Crippen LogP) is -1.74. The number of aliphatic hydroxyl groups excluding tert-OH is 7. The highest BCUT2D eigenvalue weighted by Crippen LogP contribution is 2.40. The highest BCUT2D eigenvalue weighted by atomic mass is 16.7. The number of aromatic hydroxyl groups is 2. The van der Waals surface area contributed by atoms with Crippen molar-refractivity contribution < 1.29 is 74.1 Å². The van der Waals surface area contributed by atoms with Gasteiger partial charge in [-0.1, -0.05) is 0 Å². The summed E-state index contributed by atoms with van der Waals surface area (Å²) in [7, 11) is 1.28. The molecule has 240 valence electrons. The lowest BCUT2D eigenvalue weighted by molar-refractivity contribution is -0.277. The molecule has 0 spiro atoms. The molecule has 2 fully saturated rings. The van der Waals surface area contributed by atoms with Gasteiger partial charge in [-0.05, 0) is 25.1 Å². The molecule has 44 heavy (non-hydrogen) atoms. The third-order valence-corrected chi connectivity index (χ3v) is 7.49. The van der Waals surface area contributed by atoms with Crippen molar-refractivity contribution in [2.45, 2.75) is 68.3 Å². The highest BCUT2D eigenvalue weighted by molar-refractivity contribution is 5.88. The zero-order chi connectivity index (χ0) is 32.0. The molecule has 0 aliphatic carbocycles. The zero-order valence-electron chi connectivity index (χ0n) is 23.3. The van der Waals surface area contributed by atoms with Crippen molar-refractivity contribution in [3.05, 3.63) is 40.6 Å². The van der Waals surface area contributed by atoms with Gasteiger partial charge in [0.05, 0.1) is 19.8 Å². The van der Waals surface area contributed by atoms with Crippen LogP contribution in [0.2, 0.25) is 0 Å². The lowest BCUT2D eigenvalue weighted by atomic mass is 9.99. The largest absolute Gasteiger partial charge is 0.507 e. The maximum Gasteiger partial charge on any atom is 0.239 e. The number of phenolic OH excluding ortho intramolecular Hbond substituents is 2. The number of rotatable bonds is 7. The Balaban J connectivity index is 1.62. The molecule has 1 aromatic heterocycles. The number of ether oxygens (including phenoxy) is 5. The summed E-state index contributed by atoms with van der Waals surface area (Å²) in [4.78, 5) is 13.8. The van der Waals surface area contributed by atoms with Gasteiger partial charge in [-0.15, -0.1) is 0 Å². The minimum atomic E-state index is -1.90. The number of benzene rings is 2. The molecular formula is C28H32O16. The van der Waals surface area contributed by atoms with Crippen LogP contribution in [0.15, 0.2) is 39.5 Å². The Hall–Kier alpha value is -3.71. The average molecular weight is 625 g/mol. The minimum Gasteiger partial charge on any atom is -0.507 e. The summed E-state index contributed by atoms with van der Waals surface area (Å²) < 4.78 is 33.3. The van der Waals surface area contributed by atoms with E-state index >= 15 is 0 Å². The van der Waals surface area contributed by atoms with E-state index in [9.17, 15) is 50.8 Å². The van der Waals surface area contributed by atoms with E-state index in [0.717, 1.165) is 6.07 Å². The minimum absolute atomic E-state index is 0.0257. The molecule has 16 heteroatoms. The molecule has 0 saturated carbocycles. The van der Waals surface area contributed by atoms with Gasteiger partial charge in [0.15, 0.2) is 17.3 Å². The monoisotopic (exact) mass is 624 g/mol. The molecule has 5 rings (SSSR count). The number of hydrogen-bond donors (Lipinski definition) is 9. The van der Waals surface area contributed by atoms with Gasteiger partial charge in [-0.3, -0.25) is 4.79 Å². The third-order valence-electron chi connectivity index (χ3n) is 7.49. The molecule has 0 unspecified atom stereocenters. The van der Waals surface area contributed by atoms with Crippen LogP contribution < -0.4 is 19.6 Å². The van der Waals surface area contributed by atoms with Crippen molar-refractivity contribution >= 4 is 11.0 Å². The maximum absolute atomic E-state index is 13.8. The summed E-state index contributed by atoms with van der Waals surface area (Å²) in [6.07, 6.45) is -15.7. The van der Waals surface area contributed by atoms with Crippen LogP contribution in [0.5, 0.6) is 28.7 Å². The van der Waals surface area contributed by atoms with Gasteiger partial charge < -0.3 is 74.1 Å². The molecule has 9 N–H and O–H groups in total. The number of hydrogen-bond acceptors (Lipinski definition) is 16. The second-order valence-electron chi connectivity index (χ2n) is 10.4. The highest BCUT2D eigenvalue weighted by Gasteiger charge is 2.46. The van der Waals surface area contributed by atoms with Gasteiger partial charge >= 0.3 is 0 Å².